The van der Waals surface area contributed by atoms with E-state index in [1.165, 1.54) is 7.05 Å². The molecule has 1 rings (SSSR count). The molecule has 1 amide bonds. The number of aryl methyl sites for hydroxylation is 2. The third kappa shape index (κ3) is 1.74. The van der Waals surface area contributed by atoms with E-state index in [9.17, 15) is 9.59 Å². The molecule has 70 valence electrons. The van der Waals surface area contributed by atoms with Gasteiger partial charge >= 0.3 is 0 Å². The predicted molar refractivity (Wildman–Crippen MR) is 47.7 cm³/mol. The molecule has 0 bridgehead atoms. The Labute approximate surface area is 75.2 Å². The molecule has 0 fully saturated rings. The zero-order valence-corrected chi connectivity index (χ0v) is 7.76. The molecular weight excluding hydrogens is 170 g/mol. The summed E-state index contributed by atoms with van der Waals surface area (Å²) in [6.07, 6.45) is 0. The number of carbonyl (C=O) groups excluding carboxylic acids is 1. The Balaban J connectivity index is 3.32. The minimum atomic E-state index is -0.468. The maximum absolute atomic E-state index is 11.2. The van der Waals surface area contributed by atoms with Gasteiger partial charge in [-0.1, -0.05) is 0 Å². The fraction of sp³-hybridized carbons (Fsp3) is 0.375. The van der Waals surface area contributed by atoms with Crippen molar-refractivity contribution >= 4 is 5.91 Å². The van der Waals surface area contributed by atoms with Crippen molar-refractivity contribution in [1.29, 1.82) is 0 Å². The van der Waals surface area contributed by atoms with Gasteiger partial charge in [-0.3, -0.25) is 9.59 Å². The third-order valence-corrected chi connectivity index (χ3v) is 1.78. The Morgan fingerprint density at radius 1 is 1.46 bits per heavy atom. The Bertz CT molecular complexity index is 395. The topological polar surface area (TPSA) is 74.8 Å². The second-order valence-electron chi connectivity index (χ2n) is 2.70. The Morgan fingerprint density at radius 2 is 2.08 bits per heavy atom. The van der Waals surface area contributed by atoms with Crippen LogP contribution in [0.1, 0.15) is 21.9 Å². The van der Waals surface area contributed by atoms with Crippen LogP contribution in [-0.2, 0) is 0 Å². The molecule has 2 N–H and O–H groups in total. The number of aromatic amines is 1. The van der Waals surface area contributed by atoms with Gasteiger partial charge in [0.1, 0.15) is 0 Å². The van der Waals surface area contributed by atoms with Gasteiger partial charge in [0.15, 0.2) is 5.69 Å². The molecule has 0 unspecified atom stereocenters. The summed E-state index contributed by atoms with van der Waals surface area (Å²) >= 11 is 0. The molecule has 0 saturated carbocycles. The molecule has 5 heteroatoms. The van der Waals surface area contributed by atoms with Crippen LogP contribution < -0.4 is 10.9 Å². The van der Waals surface area contributed by atoms with Crippen molar-refractivity contribution in [2.24, 2.45) is 0 Å². The summed E-state index contributed by atoms with van der Waals surface area (Å²) in [6.45, 7) is 3.47. The second-order valence-corrected chi connectivity index (χ2v) is 2.70. The first kappa shape index (κ1) is 9.44. The van der Waals surface area contributed by atoms with E-state index in [0.717, 1.165) is 0 Å². The first-order valence-electron chi connectivity index (χ1n) is 3.86. The number of hydrogen-bond acceptors (Lipinski definition) is 3. The monoisotopic (exact) mass is 181 g/mol. The maximum Gasteiger partial charge on any atom is 0.279 e. The number of carbonyl (C=O) groups is 1. The number of rotatable bonds is 1. The van der Waals surface area contributed by atoms with Crippen molar-refractivity contribution in [3.8, 4) is 0 Å². The van der Waals surface area contributed by atoms with Gasteiger partial charge < -0.3 is 10.3 Å². The number of nitrogens with zero attached hydrogens (tertiary/aromatic N) is 1. The predicted octanol–water partition coefficient (Wildman–Crippen LogP) is -0.254. The lowest BCUT2D eigenvalue weighted by molar-refractivity contribution is 0.0956. The zero-order chi connectivity index (χ0) is 10.0. The molecule has 1 heterocycles. The van der Waals surface area contributed by atoms with Gasteiger partial charge in [-0.15, -0.1) is 0 Å². The van der Waals surface area contributed by atoms with Gasteiger partial charge in [0.2, 0.25) is 0 Å². The number of amides is 1. The van der Waals surface area contributed by atoms with Crippen LogP contribution in [0.4, 0.5) is 0 Å². The number of aromatic nitrogens is 2. The van der Waals surface area contributed by atoms with E-state index in [0.29, 0.717) is 11.4 Å². The molecule has 0 radical (unpaired) electrons. The van der Waals surface area contributed by atoms with Crippen molar-refractivity contribution in [3.63, 3.8) is 0 Å². The van der Waals surface area contributed by atoms with Crippen LogP contribution in [0.5, 0.6) is 0 Å². The number of H-pyrrole nitrogens is 1. The van der Waals surface area contributed by atoms with Crippen molar-refractivity contribution in [2.45, 2.75) is 13.8 Å². The van der Waals surface area contributed by atoms with Crippen molar-refractivity contribution in [1.82, 2.24) is 15.3 Å². The molecule has 5 nitrogen and oxygen atoms in total. The first-order chi connectivity index (χ1) is 6.06. The molecule has 1 aromatic rings. The third-order valence-electron chi connectivity index (χ3n) is 1.78. The van der Waals surface area contributed by atoms with E-state index >= 15 is 0 Å². The second kappa shape index (κ2) is 3.38. The van der Waals surface area contributed by atoms with Crippen LogP contribution in [0.25, 0.3) is 0 Å². The van der Waals surface area contributed by atoms with Gasteiger partial charge in [-0.05, 0) is 13.8 Å². The molecular formula is C8H11N3O2. The molecule has 0 aliphatic carbocycles. The number of hydrogen-bond donors (Lipinski definition) is 2. The number of nitrogens with one attached hydrogen (secondary N) is 2. The Kier molecular flexibility index (Phi) is 2.46. The average molecular weight is 181 g/mol. The van der Waals surface area contributed by atoms with E-state index in [2.05, 4.69) is 15.3 Å². The molecule has 13 heavy (non-hydrogen) atoms. The highest BCUT2D eigenvalue weighted by molar-refractivity contribution is 5.91. The highest BCUT2D eigenvalue weighted by atomic mass is 16.2. The summed E-state index contributed by atoms with van der Waals surface area (Å²) in [5, 5.41) is 2.35. The van der Waals surface area contributed by atoms with Crippen LogP contribution in [0, 0.1) is 13.8 Å². The minimum absolute atomic E-state index is 0.0920. The lowest BCUT2D eigenvalue weighted by Crippen LogP contribution is -2.29. The smallest absolute Gasteiger partial charge is 0.279 e. The lowest BCUT2D eigenvalue weighted by atomic mass is 10.3. The fourth-order valence-electron chi connectivity index (χ4n) is 0.895. The minimum Gasteiger partial charge on any atom is -0.354 e. The normalized spacial score (nSPS) is 9.77. The molecule has 0 saturated heterocycles. The van der Waals surface area contributed by atoms with E-state index in [4.69, 9.17) is 0 Å². The van der Waals surface area contributed by atoms with E-state index in [-0.39, 0.29) is 5.69 Å². The highest BCUT2D eigenvalue weighted by Crippen LogP contribution is 1.96. The van der Waals surface area contributed by atoms with Crippen LogP contribution in [0.3, 0.4) is 0 Å². The van der Waals surface area contributed by atoms with Crippen molar-refractivity contribution in [2.75, 3.05) is 7.05 Å². The highest BCUT2D eigenvalue weighted by Gasteiger charge is 2.11. The van der Waals surface area contributed by atoms with Crippen LogP contribution in [-0.4, -0.2) is 22.9 Å². The van der Waals surface area contributed by atoms with E-state index < -0.39 is 11.5 Å². The fourth-order valence-corrected chi connectivity index (χ4v) is 0.895. The van der Waals surface area contributed by atoms with Crippen molar-refractivity contribution < 1.29 is 4.79 Å². The van der Waals surface area contributed by atoms with Crippen LogP contribution in [0.2, 0.25) is 0 Å². The summed E-state index contributed by atoms with van der Waals surface area (Å²) in [5.41, 5.74) is 0.781. The molecule has 0 atom stereocenters. The van der Waals surface area contributed by atoms with Gasteiger partial charge in [0.05, 0.1) is 5.69 Å². The van der Waals surface area contributed by atoms with E-state index in [1.54, 1.807) is 13.8 Å². The quantitative estimate of drug-likeness (QED) is 0.627. The summed E-state index contributed by atoms with van der Waals surface area (Å²) in [4.78, 5) is 28.7. The Hall–Kier alpha value is -1.65. The maximum atomic E-state index is 11.2. The average Bonchev–Trinajstić information content (AvgIpc) is 2.10. The van der Waals surface area contributed by atoms with Gasteiger partial charge in [0, 0.05) is 12.7 Å². The zero-order valence-electron chi connectivity index (χ0n) is 7.76. The SMILES string of the molecule is CNC(=O)c1nc(C)c(C)[nH]c1=O. The summed E-state index contributed by atoms with van der Waals surface area (Å²) < 4.78 is 0. The van der Waals surface area contributed by atoms with E-state index in [1.807, 2.05) is 0 Å². The summed E-state index contributed by atoms with van der Waals surface area (Å²) in [5.74, 6) is -0.468. The van der Waals surface area contributed by atoms with Gasteiger partial charge in [0.25, 0.3) is 11.5 Å². The van der Waals surface area contributed by atoms with Gasteiger partial charge in [-0.2, -0.15) is 0 Å². The Morgan fingerprint density at radius 3 is 2.62 bits per heavy atom. The largest absolute Gasteiger partial charge is 0.354 e. The van der Waals surface area contributed by atoms with Crippen molar-refractivity contribution in [3.05, 3.63) is 27.4 Å². The molecule has 0 aliphatic heterocycles. The molecule has 1 aromatic heterocycles. The molecule has 0 aliphatic rings. The first-order valence-corrected chi connectivity index (χ1v) is 3.86. The summed E-state index contributed by atoms with van der Waals surface area (Å²) in [6, 6.07) is 0. The standard InChI is InChI=1S/C8H11N3O2/c1-4-5(2)11-8(13)6(10-4)7(12)9-3/h1-3H3,(H,9,12)(H,11,13). The van der Waals surface area contributed by atoms with Gasteiger partial charge in [-0.25, -0.2) is 4.98 Å². The molecule has 0 spiro atoms. The van der Waals surface area contributed by atoms with Crippen LogP contribution in [0.15, 0.2) is 4.79 Å². The lowest BCUT2D eigenvalue weighted by Gasteiger charge is -2.01. The van der Waals surface area contributed by atoms with Crippen LogP contribution >= 0.6 is 0 Å². The molecule has 0 aromatic carbocycles. The summed E-state index contributed by atoms with van der Waals surface area (Å²) in [7, 11) is 1.46.